The summed E-state index contributed by atoms with van der Waals surface area (Å²) in [5.41, 5.74) is 1.11. The Hall–Kier alpha value is -1.57. The Morgan fingerprint density at radius 3 is 1.86 bits per heavy atom. The number of methoxy groups -OCH3 is 1. The first kappa shape index (κ1) is 14.9. The molecule has 0 spiro atoms. The quantitative estimate of drug-likeness (QED) is 0.722. The molecule has 0 aromatic heterocycles. The van der Waals surface area contributed by atoms with E-state index >= 15 is 0 Å². The Labute approximate surface area is 86.2 Å². The first-order chi connectivity index (χ1) is 6.86. The molecular weight excluding hydrogens is 176 g/mol. The first-order valence-electron chi connectivity index (χ1n) is 4.42. The zero-order chi connectivity index (χ0) is 11.4. The lowest BCUT2D eigenvalue weighted by molar-refractivity contribution is -0.0979. The smallest absolute Gasteiger partial charge is 0.118 e. The van der Waals surface area contributed by atoms with Crippen LogP contribution in [0.5, 0.6) is 5.75 Å². The Kier molecular flexibility index (Phi) is 12.2. The van der Waals surface area contributed by atoms with Crippen LogP contribution < -0.4 is 4.74 Å². The highest BCUT2D eigenvalue weighted by Gasteiger charge is 1.87. The van der Waals surface area contributed by atoms with Crippen LogP contribution in [-0.4, -0.2) is 13.9 Å². The molecule has 1 aromatic rings. The van der Waals surface area contributed by atoms with E-state index in [9.17, 15) is 0 Å². The summed E-state index contributed by atoms with van der Waals surface area (Å²) in [7, 11) is 1.66. The molecule has 1 rings (SSSR count). The normalized spacial score (nSPS) is 7.07. The zero-order valence-corrected chi connectivity index (χ0v) is 9.12. The van der Waals surface area contributed by atoms with Crippen LogP contribution in [0.25, 0.3) is 6.08 Å². The third-order valence-electron chi connectivity index (χ3n) is 1.35. The number of rotatable bonds is 2. The SMILES string of the molecule is C=Cc1ccc(OC)cc1.C=O.CC. The minimum atomic E-state index is 0.880. The maximum absolute atomic E-state index is 8.00. The van der Waals surface area contributed by atoms with Gasteiger partial charge in [-0.25, -0.2) is 0 Å². The Bertz CT molecular complexity index is 227. The highest BCUT2D eigenvalue weighted by molar-refractivity contribution is 5.48. The second-order valence-corrected chi connectivity index (χ2v) is 1.98. The summed E-state index contributed by atoms with van der Waals surface area (Å²) in [5.74, 6) is 0.880. The molecule has 0 bridgehead atoms. The van der Waals surface area contributed by atoms with Gasteiger partial charge < -0.3 is 9.53 Å². The average molecular weight is 194 g/mol. The van der Waals surface area contributed by atoms with E-state index in [1.165, 1.54) is 0 Å². The average Bonchev–Trinajstić information content (AvgIpc) is 2.34. The standard InChI is InChI=1S/C9H10O.C2H6.CH2O/c1-3-8-4-6-9(10-2)7-5-8;2*1-2/h3-7H,1H2,2H3;1-2H3;1H2. The minimum absolute atomic E-state index is 0.880. The molecule has 0 aliphatic carbocycles. The lowest BCUT2D eigenvalue weighted by atomic mass is 10.2. The zero-order valence-electron chi connectivity index (χ0n) is 9.12. The fourth-order valence-corrected chi connectivity index (χ4v) is 0.740. The second-order valence-electron chi connectivity index (χ2n) is 1.98. The molecule has 78 valence electrons. The van der Waals surface area contributed by atoms with Gasteiger partial charge in [0.05, 0.1) is 7.11 Å². The Balaban J connectivity index is 0. The number of ether oxygens (including phenoxy) is 1. The van der Waals surface area contributed by atoms with E-state index in [1.54, 1.807) is 13.2 Å². The van der Waals surface area contributed by atoms with Gasteiger partial charge in [0, 0.05) is 0 Å². The molecule has 0 amide bonds. The number of hydrogen-bond donors (Lipinski definition) is 0. The van der Waals surface area contributed by atoms with Crippen molar-refractivity contribution in [1.82, 2.24) is 0 Å². The minimum Gasteiger partial charge on any atom is -0.497 e. The molecule has 2 heteroatoms. The van der Waals surface area contributed by atoms with Crippen LogP contribution in [-0.2, 0) is 4.79 Å². The predicted molar refractivity (Wildman–Crippen MR) is 61.6 cm³/mol. The highest BCUT2D eigenvalue weighted by atomic mass is 16.5. The van der Waals surface area contributed by atoms with Crippen LogP contribution in [0.4, 0.5) is 0 Å². The Morgan fingerprint density at radius 2 is 1.57 bits per heavy atom. The van der Waals surface area contributed by atoms with Crippen LogP contribution >= 0.6 is 0 Å². The van der Waals surface area contributed by atoms with Gasteiger partial charge in [-0.3, -0.25) is 0 Å². The van der Waals surface area contributed by atoms with Gasteiger partial charge in [0.2, 0.25) is 0 Å². The van der Waals surface area contributed by atoms with Crippen molar-refractivity contribution in [3.05, 3.63) is 36.4 Å². The van der Waals surface area contributed by atoms with Crippen LogP contribution in [0.2, 0.25) is 0 Å². The van der Waals surface area contributed by atoms with Gasteiger partial charge in [-0.2, -0.15) is 0 Å². The Morgan fingerprint density at radius 1 is 1.14 bits per heavy atom. The van der Waals surface area contributed by atoms with Crippen molar-refractivity contribution in [2.24, 2.45) is 0 Å². The lowest BCUT2D eigenvalue weighted by Gasteiger charge is -1.97. The fourth-order valence-electron chi connectivity index (χ4n) is 0.740. The van der Waals surface area contributed by atoms with E-state index in [0.29, 0.717) is 0 Å². The van der Waals surface area contributed by atoms with E-state index in [4.69, 9.17) is 9.53 Å². The molecule has 0 aliphatic rings. The van der Waals surface area contributed by atoms with Crippen molar-refractivity contribution in [3.63, 3.8) is 0 Å². The third-order valence-corrected chi connectivity index (χ3v) is 1.35. The molecule has 0 saturated carbocycles. The van der Waals surface area contributed by atoms with E-state index < -0.39 is 0 Å². The number of carbonyl (C=O) groups is 1. The van der Waals surface area contributed by atoms with Gasteiger partial charge in [0.25, 0.3) is 0 Å². The summed E-state index contributed by atoms with van der Waals surface area (Å²) in [6.07, 6.45) is 1.80. The fraction of sp³-hybridized carbons (Fsp3) is 0.250. The summed E-state index contributed by atoms with van der Waals surface area (Å²) < 4.78 is 4.98. The van der Waals surface area contributed by atoms with Gasteiger partial charge in [0.1, 0.15) is 12.5 Å². The van der Waals surface area contributed by atoms with E-state index in [-0.39, 0.29) is 0 Å². The topological polar surface area (TPSA) is 26.3 Å². The van der Waals surface area contributed by atoms with Crippen molar-refractivity contribution in [2.75, 3.05) is 7.11 Å². The van der Waals surface area contributed by atoms with Gasteiger partial charge in [-0.05, 0) is 17.7 Å². The second kappa shape index (κ2) is 11.4. The molecule has 14 heavy (non-hydrogen) atoms. The maximum atomic E-state index is 8.00. The number of carbonyl (C=O) groups excluding carboxylic acids is 1. The number of hydrogen-bond acceptors (Lipinski definition) is 2. The summed E-state index contributed by atoms with van der Waals surface area (Å²) in [6, 6.07) is 7.76. The van der Waals surface area contributed by atoms with Crippen molar-refractivity contribution in [2.45, 2.75) is 13.8 Å². The molecule has 2 nitrogen and oxygen atoms in total. The van der Waals surface area contributed by atoms with Crippen molar-refractivity contribution < 1.29 is 9.53 Å². The van der Waals surface area contributed by atoms with Gasteiger partial charge in [-0.1, -0.05) is 38.6 Å². The largest absolute Gasteiger partial charge is 0.497 e. The summed E-state index contributed by atoms with van der Waals surface area (Å²) in [6.45, 7) is 9.65. The monoisotopic (exact) mass is 194 g/mol. The lowest BCUT2D eigenvalue weighted by Crippen LogP contribution is -1.80. The summed E-state index contributed by atoms with van der Waals surface area (Å²) >= 11 is 0. The molecule has 0 fully saturated rings. The van der Waals surface area contributed by atoms with Crippen molar-refractivity contribution >= 4 is 12.9 Å². The molecule has 0 N–H and O–H groups in total. The molecule has 0 heterocycles. The summed E-state index contributed by atoms with van der Waals surface area (Å²) in [5, 5.41) is 0. The highest BCUT2D eigenvalue weighted by Crippen LogP contribution is 2.11. The predicted octanol–water partition coefficient (Wildman–Crippen LogP) is 3.18. The van der Waals surface area contributed by atoms with Crippen LogP contribution in [0.1, 0.15) is 19.4 Å². The third kappa shape index (κ3) is 6.00. The summed E-state index contributed by atoms with van der Waals surface area (Å²) in [4.78, 5) is 8.00. The van der Waals surface area contributed by atoms with Crippen LogP contribution in [0.15, 0.2) is 30.8 Å². The first-order valence-corrected chi connectivity index (χ1v) is 4.42. The van der Waals surface area contributed by atoms with Crippen molar-refractivity contribution in [1.29, 1.82) is 0 Å². The van der Waals surface area contributed by atoms with Crippen LogP contribution in [0, 0.1) is 0 Å². The number of benzene rings is 1. The van der Waals surface area contributed by atoms with E-state index in [2.05, 4.69) is 6.58 Å². The molecule has 0 saturated heterocycles. The van der Waals surface area contributed by atoms with Gasteiger partial charge in [0.15, 0.2) is 0 Å². The van der Waals surface area contributed by atoms with E-state index in [0.717, 1.165) is 11.3 Å². The molecule has 0 aliphatic heterocycles. The molecule has 0 unspecified atom stereocenters. The van der Waals surface area contributed by atoms with Crippen LogP contribution in [0.3, 0.4) is 0 Å². The van der Waals surface area contributed by atoms with Crippen molar-refractivity contribution in [3.8, 4) is 5.75 Å². The van der Waals surface area contributed by atoms with Gasteiger partial charge in [-0.15, -0.1) is 0 Å². The molecule has 0 atom stereocenters. The van der Waals surface area contributed by atoms with Gasteiger partial charge >= 0.3 is 0 Å². The molecular formula is C12H18O2. The van der Waals surface area contributed by atoms with E-state index in [1.807, 2.05) is 44.9 Å². The molecule has 0 radical (unpaired) electrons. The maximum Gasteiger partial charge on any atom is 0.118 e. The molecule has 1 aromatic carbocycles.